The molecule has 7 nitrogen and oxygen atoms in total. The molecule has 2 aromatic heterocycles. The van der Waals surface area contributed by atoms with Crippen molar-refractivity contribution < 1.29 is 9.90 Å². The van der Waals surface area contributed by atoms with E-state index in [0.29, 0.717) is 12.4 Å². The van der Waals surface area contributed by atoms with Gasteiger partial charge in [-0.05, 0) is 61.7 Å². The first-order valence-electron chi connectivity index (χ1n) is 9.25. The van der Waals surface area contributed by atoms with Gasteiger partial charge in [-0.2, -0.15) is 0 Å². The van der Waals surface area contributed by atoms with Gasteiger partial charge in [0.2, 0.25) is 0 Å². The van der Waals surface area contributed by atoms with Crippen LogP contribution in [-0.2, 0) is 0 Å². The van der Waals surface area contributed by atoms with Gasteiger partial charge in [-0.1, -0.05) is 0 Å². The summed E-state index contributed by atoms with van der Waals surface area (Å²) in [6.45, 7) is 8.15. The van der Waals surface area contributed by atoms with E-state index in [2.05, 4.69) is 26.7 Å². The van der Waals surface area contributed by atoms with Crippen LogP contribution in [0.2, 0.25) is 0 Å². The summed E-state index contributed by atoms with van der Waals surface area (Å²) < 4.78 is 0. The molecule has 3 heterocycles. The Bertz CT molecular complexity index is 910. The van der Waals surface area contributed by atoms with Crippen molar-refractivity contribution >= 4 is 23.2 Å². The number of rotatable bonds is 4. The van der Waals surface area contributed by atoms with Crippen LogP contribution in [0.4, 0.5) is 5.82 Å². The molecule has 1 atom stereocenters. The third-order valence-electron chi connectivity index (χ3n) is 5.02. The highest BCUT2D eigenvalue weighted by molar-refractivity contribution is 5.97. The first-order valence-corrected chi connectivity index (χ1v) is 9.25. The van der Waals surface area contributed by atoms with E-state index in [1.807, 2.05) is 32.1 Å². The summed E-state index contributed by atoms with van der Waals surface area (Å²) in [7, 11) is 0. The normalized spacial score (nSPS) is 17.5. The van der Waals surface area contributed by atoms with Crippen LogP contribution in [0.5, 0.6) is 0 Å². The summed E-state index contributed by atoms with van der Waals surface area (Å²) in [4.78, 5) is 23.8. The van der Waals surface area contributed by atoms with Gasteiger partial charge in [0.05, 0.1) is 5.56 Å². The molecule has 146 valence electrons. The van der Waals surface area contributed by atoms with Crippen molar-refractivity contribution in [2.75, 3.05) is 24.5 Å². The number of amidine groups is 1. The number of carboxylic acid groups (broad SMARTS) is 1. The van der Waals surface area contributed by atoms with Gasteiger partial charge in [-0.3, -0.25) is 10.4 Å². The number of pyridine rings is 2. The number of carboxylic acids is 1. The van der Waals surface area contributed by atoms with Gasteiger partial charge in [0.15, 0.2) is 0 Å². The van der Waals surface area contributed by atoms with Crippen LogP contribution in [0, 0.1) is 12.3 Å². The van der Waals surface area contributed by atoms with E-state index >= 15 is 0 Å². The van der Waals surface area contributed by atoms with Crippen molar-refractivity contribution in [3.8, 4) is 0 Å². The summed E-state index contributed by atoms with van der Waals surface area (Å²) in [6, 6.07) is 5.68. The first kappa shape index (κ1) is 19.5. The highest BCUT2D eigenvalue weighted by Gasteiger charge is 2.26. The molecule has 0 unspecified atom stereocenters. The van der Waals surface area contributed by atoms with Crippen LogP contribution in [0.25, 0.3) is 5.57 Å². The molecule has 0 spiro atoms. The average molecular weight is 379 g/mol. The van der Waals surface area contributed by atoms with E-state index in [4.69, 9.17) is 10.5 Å². The summed E-state index contributed by atoms with van der Waals surface area (Å²) in [6.07, 6.45) is 6.81. The summed E-state index contributed by atoms with van der Waals surface area (Å²) in [5, 5.41) is 17.6. The molecule has 28 heavy (non-hydrogen) atoms. The Morgan fingerprint density at radius 2 is 2.00 bits per heavy atom. The number of aromatic nitrogens is 2. The summed E-state index contributed by atoms with van der Waals surface area (Å²) in [5.41, 5.74) is 3.14. The SMILES string of the molecule is C/C(=C\C(=N)N1CCN(c2ncc(C(=O)O)cc2C)C[C@H]1C)c1ccncc1. The van der Waals surface area contributed by atoms with Crippen LogP contribution >= 0.6 is 0 Å². The molecule has 1 saturated heterocycles. The third-order valence-corrected chi connectivity index (χ3v) is 5.02. The van der Waals surface area contributed by atoms with E-state index in [-0.39, 0.29) is 11.6 Å². The molecular weight excluding hydrogens is 354 g/mol. The van der Waals surface area contributed by atoms with Gasteiger partial charge in [0.1, 0.15) is 11.7 Å². The number of hydrogen-bond acceptors (Lipinski definition) is 5. The standard InChI is InChI=1S/C21H25N5O2/c1-14(17-4-6-23-7-5-17)11-19(22)26-9-8-25(13-16(26)3)20-15(2)10-18(12-24-20)21(27)28/h4-7,10-12,16,22H,8-9,13H2,1-3H3,(H,27,28)/b14-11+,22-19?/t16-/m1/s1. The van der Waals surface area contributed by atoms with Crippen LogP contribution in [-0.4, -0.2) is 57.5 Å². The zero-order valence-electron chi connectivity index (χ0n) is 16.4. The largest absolute Gasteiger partial charge is 0.478 e. The Labute approximate surface area is 164 Å². The lowest BCUT2D eigenvalue weighted by atomic mass is 10.1. The minimum absolute atomic E-state index is 0.142. The molecule has 0 saturated carbocycles. The number of aromatic carboxylic acids is 1. The number of piperazine rings is 1. The lowest BCUT2D eigenvalue weighted by Crippen LogP contribution is -2.54. The molecular formula is C21H25N5O2. The molecule has 1 aliphatic rings. The van der Waals surface area contributed by atoms with Crippen LogP contribution < -0.4 is 4.90 Å². The maximum absolute atomic E-state index is 11.1. The Kier molecular flexibility index (Phi) is 5.73. The van der Waals surface area contributed by atoms with E-state index in [9.17, 15) is 4.79 Å². The third kappa shape index (κ3) is 4.19. The molecule has 0 amide bonds. The van der Waals surface area contributed by atoms with Crippen LogP contribution in [0.15, 0.2) is 42.9 Å². The van der Waals surface area contributed by atoms with Gasteiger partial charge in [0.25, 0.3) is 0 Å². The summed E-state index contributed by atoms with van der Waals surface area (Å²) >= 11 is 0. The number of carbonyl (C=O) groups is 1. The number of aryl methyl sites for hydroxylation is 1. The fourth-order valence-corrected chi connectivity index (χ4v) is 3.51. The predicted molar refractivity (Wildman–Crippen MR) is 110 cm³/mol. The molecule has 0 radical (unpaired) electrons. The van der Waals surface area contributed by atoms with Gasteiger partial charge in [-0.25, -0.2) is 9.78 Å². The zero-order chi connectivity index (χ0) is 20.3. The molecule has 0 aromatic carbocycles. The van der Waals surface area contributed by atoms with Gasteiger partial charge >= 0.3 is 5.97 Å². The monoisotopic (exact) mass is 379 g/mol. The molecule has 1 fully saturated rings. The quantitative estimate of drug-likeness (QED) is 0.626. The fraction of sp³-hybridized carbons (Fsp3) is 0.333. The van der Waals surface area contributed by atoms with Crippen molar-refractivity contribution in [2.24, 2.45) is 0 Å². The van der Waals surface area contributed by atoms with Crippen molar-refractivity contribution in [2.45, 2.75) is 26.8 Å². The van der Waals surface area contributed by atoms with Crippen molar-refractivity contribution in [3.63, 3.8) is 0 Å². The molecule has 1 aliphatic heterocycles. The average Bonchev–Trinajstić information content (AvgIpc) is 2.68. The van der Waals surface area contributed by atoms with Crippen LogP contribution in [0.3, 0.4) is 0 Å². The zero-order valence-corrected chi connectivity index (χ0v) is 16.4. The molecule has 0 bridgehead atoms. The molecule has 7 heteroatoms. The Morgan fingerprint density at radius 3 is 2.61 bits per heavy atom. The van der Waals surface area contributed by atoms with E-state index in [0.717, 1.165) is 35.6 Å². The van der Waals surface area contributed by atoms with Gasteiger partial charge < -0.3 is 14.9 Å². The Morgan fingerprint density at radius 1 is 1.29 bits per heavy atom. The van der Waals surface area contributed by atoms with Crippen molar-refractivity contribution in [1.82, 2.24) is 14.9 Å². The predicted octanol–water partition coefficient (Wildman–Crippen LogP) is 3.07. The minimum Gasteiger partial charge on any atom is -0.478 e. The number of nitrogens with zero attached hydrogens (tertiary/aromatic N) is 4. The maximum atomic E-state index is 11.1. The minimum atomic E-state index is -0.967. The second-order valence-corrected chi connectivity index (χ2v) is 7.11. The topological polar surface area (TPSA) is 93.4 Å². The second kappa shape index (κ2) is 8.21. The molecule has 2 N–H and O–H groups in total. The molecule has 0 aliphatic carbocycles. The number of hydrogen-bond donors (Lipinski definition) is 2. The van der Waals surface area contributed by atoms with Gasteiger partial charge in [-0.15, -0.1) is 0 Å². The Hall–Kier alpha value is -3.22. The van der Waals surface area contributed by atoms with E-state index in [1.165, 1.54) is 6.20 Å². The molecule has 3 rings (SSSR count). The summed E-state index contributed by atoms with van der Waals surface area (Å²) in [5.74, 6) is 0.337. The van der Waals surface area contributed by atoms with Crippen molar-refractivity contribution in [3.05, 3.63) is 59.6 Å². The number of nitrogens with one attached hydrogen (secondary N) is 1. The van der Waals surface area contributed by atoms with Crippen LogP contribution in [0.1, 0.15) is 35.3 Å². The number of anilines is 1. The highest BCUT2D eigenvalue weighted by Crippen LogP contribution is 2.22. The lowest BCUT2D eigenvalue weighted by molar-refractivity contribution is 0.0696. The van der Waals surface area contributed by atoms with E-state index in [1.54, 1.807) is 18.5 Å². The fourth-order valence-electron chi connectivity index (χ4n) is 3.51. The molecule has 2 aromatic rings. The highest BCUT2D eigenvalue weighted by atomic mass is 16.4. The number of allylic oxidation sites excluding steroid dienone is 1. The van der Waals surface area contributed by atoms with E-state index < -0.39 is 5.97 Å². The smallest absolute Gasteiger partial charge is 0.337 e. The van der Waals surface area contributed by atoms with Crippen molar-refractivity contribution in [1.29, 1.82) is 5.41 Å². The van der Waals surface area contributed by atoms with Gasteiger partial charge in [0, 0.05) is 44.3 Å². The second-order valence-electron chi connectivity index (χ2n) is 7.11. The lowest BCUT2D eigenvalue weighted by Gasteiger charge is -2.41. The Balaban J connectivity index is 1.70. The maximum Gasteiger partial charge on any atom is 0.337 e. The first-order chi connectivity index (χ1) is 13.4.